The molecule has 2 fully saturated rings. The van der Waals surface area contributed by atoms with Gasteiger partial charge >= 0.3 is 0 Å². The van der Waals surface area contributed by atoms with Crippen LogP contribution in [0.2, 0.25) is 0 Å². The number of hydrogen-bond acceptors (Lipinski definition) is 1. The van der Waals surface area contributed by atoms with Gasteiger partial charge in [0.2, 0.25) is 0 Å². The lowest BCUT2D eigenvalue weighted by molar-refractivity contribution is -0.0223. The summed E-state index contributed by atoms with van der Waals surface area (Å²) in [6, 6.07) is 0. The van der Waals surface area contributed by atoms with Crippen LogP contribution in [0.4, 0.5) is 0 Å². The largest absolute Gasteiger partial charge is 0.378 e. The second-order valence-electron chi connectivity index (χ2n) is 7.82. The summed E-state index contributed by atoms with van der Waals surface area (Å²) in [5, 5.41) is 0. The summed E-state index contributed by atoms with van der Waals surface area (Å²) in [7, 11) is 0. The van der Waals surface area contributed by atoms with E-state index in [1.54, 1.807) is 0 Å². The molecule has 0 heterocycles. The Morgan fingerprint density at radius 2 is 1.57 bits per heavy atom. The van der Waals surface area contributed by atoms with Crippen molar-refractivity contribution in [3.63, 3.8) is 0 Å². The monoisotopic (exact) mass is 294 g/mol. The Hall–Kier alpha value is -0.0400. The minimum absolute atomic E-state index is 0.552. The van der Waals surface area contributed by atoms with Gasteiger partial charge in [0.15, 0.2) is 0 Å². The van der Waals surface area contributed by atoms with Crippen LogP contribution in [0, 0.1) is 23.7 Å². The minimum Gasteiger partial charge on any atom is -0.378 e. The molecule has 2 rings (SSSR count). The van der Waals surface area contributed by atoms with Gasteiger partial charge in [0, 0.05) is 6.61 Å². The maximum Gasteiger partial charge on any atom is 0.0600 e. The van der Waals surface area contributed by atoms with Crippen molar-refractivity contribution in [1.29, 1.82) is 0 Å². The van der Waals surface area contributed by atoms with Gasteiger partial charge in [0.25, 0.3) is 0 Å². The SMILES string of the molecule is CCCCC[C@H]1CC[C@H](C2CCC(OCC)C(C)C2)CC1. The van der Waals surface area contributed by atoms with Crippen LogP contribution in [-0.4, -0.2) is 12.7 Å². The Morgan fingerprint density at radius 3 is 2.19 bits per heavy atom. The number of ether oxygens (including phenoxy) is 1. The van der Waals surface area contributed by atoms with Crippen molar-refractivity contribution < 1.29 is 4.74 Å². The van der Waals surface area contributed by atoms with E-state index >= 15 is 0 Å². The lowest BCUT2D eigenvalue weighted by Crippen LogP contribution is -2.34. The molecule has 0 aromatic heterocycles. The van der Waals surface area contributed by atoms with Gasteiger partial charge in [-0.05, 0) is 62.7 Å². The van der Waals surface area contributed by atoms with Crippen molar-refractivity contribution >= 4 is 0 Å². The predicted octanol–water partition coefficient (Wildman–Crippen LogP) is 6.21. The first-order valence-electron chi connectivity index (χ1n) is 9.86. The lowest BCUT2D eigenvalue weighted by Gasteiger charge is -2.40. The fourth-order valence-corrected chi connectivity index (χ4v) is 4.93. The van der Waals surface area contributed by atoms with Gasteiger partial charge in [-0.3, -0.25) is 0 Å². The number of unbranched alkanes of at least 4 members (excludes halogenated alkanes) is 2. The van der Waals surface area contributed by atoms with Crippen molar-refractivity contribution in [3.8, 4) is 0 Å². The third kappa shape index (κ3) is 5.27. The quantitative estimate of drug-likeness (QED) is 0.507. The maximum atomic E-state index is 5.90. The molecular weight excluding hydrogens is 256 g/mol. The van der Waals surface area contributed by atoms with E-state index < -0.39 is 0 Å². The summed E-state index contributed by atoms with van der Waals surface area (Å²) in [6.07, 6.45) is 16.6. The van der Waals surface area contributed by atoms with E-state index in [1.807, 2.05) is 0 Å². The Kier molecular flexibility index (Phi) is 7.57. The molecule has 0 N–H and O–H groups in total. The van der Waals surface area contributed by atoms with Gasteiger partial charge in [-0.1, -0.05) is 52.4 Å². The topological polar surface area (TPSA) is 9.23 Å². The van der Waals surface area contributed by atoms with Crippen molar-refractivity contribution in [2.24, 2.45) is 23.7 Å². The average Bonchev–Trinajstić information content (AvgIpc) is 2.50. The van der Waals surface area contributed by atoms with Crippen LogP contribution in [0.5, 0.6) is 0 Å². The van der Waals surface area contributed by atoms with Crippen LogP contribution < -0.4 is 0 Å². The van der Waals surface area contributed by atoms with Crippen LogP contribution in [0.1, 0.15) is 91.4 Å². The second kappa shape index (κ2) is 9.18. The van der Waals surface area contributed by atoms with E-state index in [0.717, 1.165) is 30.3 Å². The molecule has 0 radical (unpaired) electrons. The highest BCUT2D eigenvalue weighted by Crippen LogP contribution is 2.43. The molecule has 21 heavy (non-hydrogen) atoms. The van der Waals surface area contributed by atoms with Crippen LogP contribution in [0.15, 0.2) is 0 Å². The number of hydrogen-bond donors (Lipinski definition) is 0. The molecule has 0 aliphatic heterocycles. The molecule has 2 aliphatic carbocycles. The maximum absolute atomic E-state index is 5.90. The summed E-state index contributed by atoms with van der Waals surface area (Å²) < 4.78 is 5.90. The molecule has 2 saturated carbocycles. The van der Waals surface area contributed by atoms with Gasteiger partial charge in [0.05, 0.1) is 6.10 Å². The van der Waals surface area contributed by atoms with Crippen LogP contribution >= 0.6 is 0 Å². The second-order valence-corrected chi connectivity index (χ2v) is 7.82. The average molecular weight is 295 g/mol. The van der Waals surface area contributed by atoms with Crippen molar-refractivity contribution in [2.45, 2.75) is 97.5 Å². The first kappa shape index (κ1) is 17.3. The molecule has 0 spiro atoms. The molecule has 3 unspecified atom stereocenters. The Labute approximate surface area is 133 Å². The molecule has 2 aliphatic rings. The Balaban J connectivity index is 1.68. The van der Waals surface area contributed by atoms with Gasteiger partial charge in [-0.15, -0.1) is 0 Å². The van der Waals surface area contributed by atoms with Gasteiger partial charge in [-0.25, -0.2) is 0 Å². The van der Waals surface area contributed by atoms with Crippen LogP contribution in [-0.2, 0) is 4.74 Å². The van der Waals surface area contributed by atoms with E-state index in [9.17, 15) is 0 Å². The minimum atomic E-state index is 0.552. The smallest absolute Gasteiger partial charge is 0.0600 e. The van der Waals surface area contributed by atoms with E-state index in [2.05, 4.69) is 20.8 Å². The molecule has 3 atom stereocenters. The predicted molar refractivity (Wildman–Crippen MR) is 91.5 cm³/mol. The Morgan fingerprint density at radius 1 is 0.857 bits per heavy atom. The first-order chi connectivity index (χ1) is 10.2. The van der Waals surface area contributed by atoms with Crippen molar-refractivity contribution in [3.05, 3.63) is 0 Å². The highest BCUT2D eigenvalue weighted by atomic mass is 16.5. The van der Waals surface area contributed by atoms with Gasteiger partial charge in [-0.2, -0.15) is 0 Å². The molecule has 0 amide bonds. The molecule has 124 valence electrons. The van der Waals surface area contributed by atoms with Gasteiger partial charge in [0.1, 0.15) is 0 Å². The van der Waals surface area contributed by atoms with Crippen LogP contribution in [0.3, 0.4) is 0 Å². The zero-order valence-electron chi connectivity index (χ0n) is 14.8. The molecule has 1 nitrogen and oxygen atoms in total. The summed E-state index contributed by atoms with van der Waals surface area (Å²) in [5.74, 6) is 3.89. The summed E-state index contributed by atoms with van der Waals surface area (Å²) >= 11 is 0. The fourth-order valence-electron chi connectivity index (χ4n) is 4.93. The third-order valence-corrected chi connectivity index (χ3v) is 6.29. The zero-order valence-corrected chi connectivity index (χ0v) is 14.8. The summed E-state index contributed by atoms with van der Waals surface area (Å²) in [6.45, 7) is 7.76. The molecule has 0 bridgehead atoms. The number of rotatable bonds is 7. The van der Waals surface area contributed by atoms with Gasteiger partial charge < -0.3 is 4.74 Å². The molecule has 0 saturated heterocycles. The van der Waals surface area contributed by atoms with Crippen molar-refractivity contribution in [1.82, 2.24) is 0 Å². The lowest BCUT2D eigenvalue weighted by atomic mass is 9.68. The highest BCUT2D eigenvalue weighted by molar-refractivity contribution is 4.85. The van der Waals surface area contributed by atoms with E-state index in [4.69, 9.17) is 4.74 Å². The normalized spacial score (nSPS) is 37.6. The standard InChI is InChI=1S/C20H38O/c1-4-6-7-8-17-9-11-18(12-10-17)19-13-14-20(21-5-2)16(3)15-19/h16-20H,4-15H2,1-3H3/t16?,17-,18-,19?,20?. The van der Waals surface area contributed by atoms with E-state index in [-0.39, 0.29) is 0 Å². The van der Waals surface area contributed by atoms with Crippen LogP contribution in [0.25, 0.3) is 0 Å². The zero-order chi connectivity index (χ0) is 15.1. The molecular formula is C20H38O. The van der Waals surface area contributed by atoms with E-state index in [1.165, 1.54) is 70.6 Å². The van der Waals surface area contributed by atoms with E-state index in [0.29, 0.717) is 6.10 Å². The first-order valence-corrected chi connectivity index (χ1v) is 9.86. The Bertz CT molecular complexity index is 267. The van der Waals surface area contributed by atoms with Crippen molar-refractivity contribution in [2.75, 3.05) is 6.61 Å². The molecule has 0 aromatic carbocycles. The third-order valence-electron chi connectivity index (χ3n) is 6.29. The fraction of sp³-hybridized carbons (Fsp3) is 1.00. The summed E-state index contributed by atoms with van der Waals surface area (Å²) in [4.78, 5) is 0. The molecule has 0 aromatic rings. The highest BCUT2D eigenvalue weighted by Gasteiger charge is 2.34. The molecule has 1 heteroatoms. The summed E-state index contributed by atoms with van der Waals surface area (Å²) in [5.41, 5.74) is 0.